The summed E-state index contributed by atoms with van der Waals surface area (Å²) in [7, 11) is 3.36. The smallest absolute Gasteiger partial charge is 0.334 e. The van der Waals surface area contributed by atoms with Crippen LogP contribution < -0.4 is 0 Å². The van der Waals surface area contributed by atoms with E-state index in [2.05, 4.69) is 6.58 Å². The summed E-state index contributed by atoms with van der Waals surface area (Å²) in [6.45, 7) is 4.59. The Balaban J connectivity index is 2.33. The van der Waals surface area contributed by atoms with E-state index in [4.69, 9.17) is 9.47 Å². The van der Waals surface area contributed by atoms with Gasteiger partial charge in [-0.1, -0.05) is 28.2 Å². The normalized spacial score (nSPS) is 21.6. The van der Waals surface area contributed by atoms with Crippen LogP contribution in [0.5, 0.6) is 0 Å². The van der Waals surface area contributed by atoms with E-state index in [0.29, 0.717) is 36.7 Å². The number of hydrogen-bond acceptors (Lipinski definition) is 7. The van der Waals surface area contributed by atoms with E-state index in [1.165, 1.54) is 11.8 Å². The summed E-state index contributed by atoms with van der Waals surface area (Å²) in [5.74, 6) is 2.30. The fourth-order valence-electron chi connectivity index (χ4n) is 1.17. The SMILES string of the molecule is C=C1CSCCC(=O)OCCCSSCCOC1=O. The van der Waals surface area contributed by atoms with Crippen LogP contribution in [0.2, 0.25) is 0 Å². The average Bonchev–Trinajstić information content (AvgIpc) is 2.40. The first-order valence-corrected chi connectivity index (χ1v) is 9.67. The largest absolute Gasteiger partial charge is 0.466 e. The molecule has 0 aliphatic carbocycles. The van der Waals surface area contributed by atoms with Gasteiger partial charge in [-0.3, -0.25) is 4.79 Å². The van der Waals surface area contributed by atoms with Gasteiger partial charge in [0, 0.05) is 28.6 Å². The van der Waals surface area contributed by atoms with Crippen molar-refractivity contribution >= 4 is 45.3 Å². The highest BCUT2D eigenvalue weighted by atomic mass is 33.1. The van der Waals surface area contributed by atoms with Gasteiger partial charge in [0.2, 0.25) is 0 Å². The molecular weight excluding hydrogens is 304 g/mol. The third-order valence-electron chi connectivity index (χ3n) is 2.13. The number of thioether (sulfide) groups is 1. The van der Waals surface area contributed by atoms with Gasteiger partial charge in [0.15, 0.2) is 0 Å². The topological polar surface area (TPSA) is 52.6 Å². The molecule has 19 heavy (non-hydrogen) atoms. The van der Waals surface area contributed by atoms with Gasteiger partial charge < -0.3 is 9.47 Å². The molecule has 7 heteroatoms. The summed E-state index contributed by atoms with van der Waals surface area (Å²) in [5.41, 5.74) is 0.447. The zero-order valence-electron chi connectivity index (χ0n) is 10.7. The molecule has 4 nitrogen and oxygen atoms in total. The summed E-state index contributed by atoms with van der Waals surface area (Å²) in [4.78, 5) is 22.9. The Labute approximate surface area is 125 Å². The Morgan fingerprint density at radius 2 is 1.79 bits per heavy atom. The second-order valence-corrected chi connectivity index (χ2v) is 7.57. The molecule has 0 radical (unpaired) electrons. The van der Waals surface area contributed by atoms with Gasteiger partial charge in [-0.05, 0) is 6.42 Å². The lowest BCUT2D eigenvalue weighted by Gasteiger charge is -2.08. The van der Waals surface area contributed by atoms with Crippen molar-refractivity contribution in [3.63, 3.8) is 0 Å². The Bertz CT molecular complexity index is 320. The molecule has 0 bridgehead atoms. The lowest BCUT2D eigenvalue weighted by Crippen LogP contribution is -2.12. The third-order valence-corrected chi connectivity index (χ3v) is 5.63. The van der Waals surface area contributed by atoms with Gasteiger partial charge in [0.1, 0.15) is 6.61 Å². The minimum absolute atomic E-state index is 0.176. The van der Waals surface area contributed by atoms with Crippen molar-refractivity contribution in [1.82, 2.24) is 0 Å². The first-order chi connectivity index (χ1) is 9.20. The number of esters is 2. The molecule has 108 valence electrons. The Morgan fingerprint density at radius 3 is 2.63 bits per heavy atom. The van der Waals surface area contributed by atoms with E-state index in [1.807, 2.05) is 0 Å². The summed E-state index contributed by atoms with van der Waals surface area (Å²) in [6, 6.07) is 0. The zero-order chi connectivity index (χ0) is 13.9. The van der Waals surface area contributed by atoms with Crippen LogP contribution in [0.3, 0.4) is 0 Å². The van der Waals surface area contributed by atoms with Crippen LogP contribution in [0, 0.1) is 0 Å². The number of ether oxygens (including phenoxy) is 2. The van der Waals surface area contributed by atoms with E-state index in [9.17, 15) is 9.59 Å². The van der Waals surface area contributed by atoms with E-state index >= 15 is 0 Å². The van der Waals surface area contributed by atoms with Crippen molar-refractivity contribution in [2.45, 2.75) is 12.8 Å². The van der Waals surface area contributed by atoms with Crippen LogP contribution in [-0.2, 0) is 19.1 Å². The van der Waals surface area contributed by atoms with Crippen LogP contribution in [0.25, 0.3) is 0 Å². The quantitative estimate of drug-likeness (QED) is 0.386. The highest BCUT2D eigenvalue weighted by molar-refractivity contribution is 8.76. The van der Waals surface area contributed by atoms with Gasteiger partial charge in [-0.2, -0.15) is 11.8 Å². The summed E-state index contributed by atoms with van der Waals surface area (Å²) in [5, 5.41) is 0. The lowest BCUT2D eigenvalue weighted by atomic mass is 10.4. The number of hydrogen-bond donors (Lipinski definition) is 0. The second kappa shape index (κ2) is 10.5. The molecule has 0 aromatic heterocycles. The van der Waals surface area contributed by atoms with Crippen LogP contribution >= 0.6 is 33.3 Å². The fourth-order valence-corrected chi connectivity index (χ4v) is 3.88. The minimum atomic E-state index is -0.340. The van der Waals surface area contributed by atoms with Gasteiger partial charge in [0.25, 0.3) is 0 Å². The van der Waals surface area contributed by atoms with E-state index in [1.54, 1.807) is 21.6 Å². The zero-order valence-corrected chi connectivity index (χ0v) is 13.2. The number of cyclic esters (lactones) is 2. The van der Waals surface area contributed by atoms with Crippen LogP contribution in [0.1, 0.15) is 12.8 Å². The predicted octanol–water partition coefficient (Wildman–Crippen LogP) is 2.54. The highest BCUT2D eigenvalue weighted by Crippen LogP contribution is 2.21. The summed E-state index contributed by atoms with van der Waals surface area (Å²) < 4.78 is 10.2. The third kappa shape index (κ3) is 8.49. The molecule has 0 unspecified atom stereocenters. The molecule has 1 fully saturated rings. The number of carbonyl (C=O) groups excluding carboxylic acids is 2. The number of carbonyl (C=O) groups is 2. The van der Waals surface area contributed by atoms with E-state index in [0.717, 1.165) is 17.9 Å². The van der Waals surface area contributed by atoms with Crippen molar-refractivity contribution in [2.24, 2.45) is 0 Å². The highest BCUT2D eigenvalue weighted by Gasteiger charge is 2.10. The molecule has 0 N–H and O–H groups in total. The predicted molar refractivity (Wildman–Crippen MR) is 82.5 cm³/mol. The second-order valence-electron chi connectivity index (χ2n) is 3.76. The standard InChI is InChI=1S/C12H18O4S3/c1-10-9-17-7-3-11(13)15-4-2-6-18-19-8-5-16-12(10)14/h1-9H2. The van der Waals surface area contributed by atoms with Crippen LogP contribution in [-0.4, -0.2) is 48.2 Å². The van der Waals surface area contributed by atoms with Crippen LogP contribution in [0.4, 0.5) is 0 Å². The van der Waals surface area contributed by atoms with Crippen molar-refractivity contribution in [3.8, 4) is 0 Å². The number of rotatable bonds is 0. The Hall–Kier alpha value is -0.270. The maximum absolute atomic E-state index is 11.5. The Kier molecular flexibility index (Phi) is 9.28. The summed E-state index contributed by atoms with van der Waals surface area (Å²) in [6.07, 6.45) is 1.22. The molecule has 1 heterocycles. The fraction of sp³-hybridized carbons (Fsp3) is 0.667. The van der Waals surface area contributed by atoms with Gasteiger partial charge in [-0.25, -0.2) is 4.79 Å². The van der Waals surface area contributed by atoms with E-state index in [-0.39, 0.29) is 11.9 Å². The van der Waals surface area contributed by atoms with Crippen molar-refractivity contribution in [2.75, 3.05) is 36.2 Å². The van der Waals surface area contributed by atoms with Gasteiger partial charge in [-0.15, -0.1) is 0 Å². The molecule has 1 saturated heterocycles. The molecule has 0 aromatic carbocycles. The maximum atomic E-state index is 11.5. The van der Waals surface area contributed by atoms with Crippen molar-refractivity contribution < 1.29 is 19.1 Å². The lowest BCUT2D eigenvalue weighted by molar-refractivity contribution is -0.143. The molecular formula is C12H18O4S3. The molecule has 0 aromatic rings. The molecule has 1 aliphatic rings. The first kappa shape index (κ1) is 16.8. The van der Waals surface area contributed by atoms with Crippen molar-refractivity contribution in [1.29, 1.82) is 0 Å². The van der Waals surface area contributed by atoms with E-state index < -0.39 is 0 Å². The Morgan fingerprint density at radius 1 is 1.00 bits per heavy atom. The molecule has 0 atom stereocenters. The molecule has 0 saturated carbocycles. The first-order valence-electron chi connectivity index (χ1n) is 6.03. The molecule has 1 aliphatic heterocycles. The monoisotopic (exact) mass is 322 g/mol. The molecule has 0 spiro atoms. The molecule has 1 rings (SSSR count). The van der Waals surface area contributed by atoms with Gasteiger partial charge in [0.05, 0.1) is 13.0 Å². The maximum Gasteiger partial charge on any atom is 0.334 e. The van der Waals surface area contributed by atoms with Crippen molar-refractivity contribution in [3.05, 3.63) is 12.2 Å². The molecule has 0 amide bonds. The van der Waals surface area contributed by atoms with Gasteiger partial charge >= 0.3 is 11.9 Å². The minimum Gasteiger partial charge on any atom is -0.466 e. The average molecular weight is 322 g/mol. The van der Waals surface area contributed by atoms with Crippen LogP contribution in [0.15, 0.2) is 12.2 Å². The summed E-state index contributed by atoms with van der Waals surface area (Å²) >= 11 is 1.49.